The normalized spacial score (nSPS) is 9.38. The van der Waals surface area contributed by atoms with Crippen LogP contribution in [0.1, 0.15) is 22.8 Å². The lowest BCUT2D eigenvalue weighted by Crippen LogP contribution is -2.08. The Labute approximate surface area is 98.3 Å². The third kappa shape index (κ3) is 2.44. The molecule has 0 saturated carbocycles. The van der Waals surface area contributed by atoms with Crippen LogP contribution in [0.4, 0.5) is 0 Å². The summed E-state index contributed by atoms with van der Waals surface area (Å²) in [6.07, 6.45) is 0. The Morgan fingerprint density at radius 1 is 1.56 bits per heavy atom. The lowest BCUT2D eigenvalue weighted by atomic mass is 10.1. The maximum Gasteiger partial charge on any atom is 0.339 e. The summed E-state index contributed by atoms with van der Waals surface area (Å²) in [5.74, 6) is -0.321. The van der Waals surface area contributed by atoms with Gasteiger partial charge in [-0.1, -0.05) is 11.6 Å². The van der Waals surface area contributed by atoms with Crippen LogP contribution >= 0.6 is 11.6 Å². The number of rotatable bonds is 3. The molecular weight excluding hydrogens is 230 g/mol. The molecule has 0 aliphatic rings. The van der Waals surface area contributed by atoms with Crippen molar-refractivity contribution in [3.63, 3.8) is 0 Å². The van der Waals surface area contributed by atoms with Crippen LogP contribution < -0.4 is 4.74 Å². The first-order chi connectivity index (χ1) is 7.63. The van der Waals surface area contributed by atoms with E-state index in [1.165, 1.54) is 19.2 Å². The molecule has 0 aliphatic heterocycles. The van der Waals surface area contributed by atoms with Gasteiger partial charge >= 0.3 is 5.97 Å². The predicted octanol–water partition coefficient (Wildman–Crippen LogP) is 2.40. The third-order valence-electron chi connectivity index (χ3n) is 1.89. The Balaban J connectivity index is 3.32. The van der Waals surface area contributed by atoms with Crippen LogP contribution in [-0.2, 0) is 4.74 Å². The van der Waals surface area contributed by atoms with E-state index in [9.17, 15) is 4.79 Å². The molecule has 0 unspecified atom stereocenters. The zero-order chi connectivity index (χ0) is 12.1. The summed E-state index contributed by atoms with van der Waals surface area (Å²) in [5.41, 5.74) is 0.249. The summed E-state index contributed by atoms with van der Waals surface area (Å²) in [5, 5.41) is 9.28. The number of carbonyl (C=O) groups excluding carboxylic acids is 1. The molecular formula is C11H10ClNO3. The molecule has 0 heterocycles. The molecule has 16 heavy (non-hydrogen) atoms. The highest BCUT2D eigenvalue weighted by Gasteiger charge is 2.17. The molecule has 5 heteroatoms. The molecule has 0 aromatic heterocycles. The van der Waals surface area contributed by atoms with Crippen molar-refractivity contribution in [2.75, 3.05) is 13.7 Å². The Kier molecular flexibility index (Phi) is 4.15. The molecule has 0 amide bonds. The quantitative estimate of drug-likeness (QED) is 0.760. The molecule has 1 aromatic carbocycles. The van der Waals surface area contributed by atoms with Gasteiger partial charge in [-0.05, 0) is 13.0 Å². The van der Waals surface area contributed by atoms with Crippen LogP contribution in [0.3, 0.4) is 0 Å². The number of benzene rings is 1. The second kappa shape index (κ2) is 5.38. The van der Waals surface area contributed by atoms with Gasteiger partial charge in [0.1, 0.15) is 17.4 Å². The highest BCUT2D eigenvalue weighted by molar-refractivity contribution is 6.31. The fourth-order valence-electron chi connectivity index (χ4n) is 1.23. The van der Waals surface area contributed by atoms with Gasteiger partial charge in [-0.25, -0.2) is 4.79 Å². The van der Waals surface area contributed by atoms with Crippen LogP contribution in [0.25, 0.3) is 0 Å². The van der Waals surface area contributed by atoms with Crippen molar-refractivity contribution in [3.8, 4) is 11.8 Å². The number of methoxy groups -OCH3 is 1. The molecule has 0 saturated heterocycles. The van der Waals surface area contributed by atoms with E-state index in [0.717, 1.165) is 0 Å². The minimum atomic E-state index is -0.583. The van der Waals surface area contributed by atoms with Crippen molar-refractivity contribution in [2.45, 2.75) is 6.92 Å². The summed E-state index contributed by atoms with van der Waals surface area (Å²) in [6.45, 7) is 1.92. The summed E-state index contributed by atoms with van der Waals surface area (Å²) < 4.78 is 9.79. The minimum absolute atomic E-state index is 0.119. The summed E-state index contributed by atoms with van der Waals surface area (Å²) in [4.78, 5) is 11.6. The number of nitriles is 1. The molecule has 0 radical (unpaired) electrons. The van der Waals surface area contributed by atoms with Crippen LogP contribution in [-0.4, -0.2) is 19.7 Å². The molecule has 0 spiro atoms. The second-order valence-corrected chi connectivity index (χ2v) is 3.30. The van der Waals surface area contributed by atoms with E-state index in [1.807, 2.05) is 6.07 Å². The molecule has 0 atom stereocenters. The molecule has 84 valence electrons. The lowest BCUT2D eigenvalue weighted by molar-refractivity contribution is 0.0525. The monoisotopic (exact) mass is 239 g/mol. The minimum Gasteiger partial charge on any atom is -0.495 e. The first-order valence-electron chi connectivity index (χ1n) is 4.58. The van der Waals surface area contributed by atoms with Crippen molar-refractivity contribution < 1.29 is 14.3 Å². The Morgan fingerprint density at radius 2 is 2.25 bits per heavy atom. The molecule has 0 aliphatic carbocycles. The van der Waals surface area contributed by atoms with Gasteiger partial charge in [-0.2, -0.15) is 5.26 Å². The second-order valence-electron chi connectivity index (χ2n) is 2.86. The van der Waals surface area contributed by atoms with E-state index in [1.54, 1.807) is 6.92 Å². The van der Waals surface area contributed by atoms with Crippen LogP contribution in [0.2, 0.25) is 5.02 Å². The van der Waals surface area contributed by atoms with E-state index in [2.05, 4.69) is 0 Å². The molecule has 0 N–H and O–H groups in total. The molecule has 1 rings (SSSR count). The Morgan fingerprint density at radius 3 is 2.75 bits per heavy atom. The third-order valence-corrected chi connectivity index (χ3v) is 2.11. The van der Waals surface area contributed by atoms with Crippen molar-refractivity contribution in [2.24, 2.45) is 0 Å². The highest BCUT2D eigenvalue weighted by atomic mass is 35.5. The zero-order valence-electron chi connectivity index (χ0n) is 8.91. The van der Waals surface area contributed by atoms with Gasteiger partial charge in [0.05, 0.1) is 19.3 Å². The Bertz CT molecular complexity index is 451. The largest absolute Gasteiger partial charge is 0.495 e. The van der Waals surface area contributed by atoms with E-state index < -0.39 is 5.97 Å². The maximum atomic E-state index is 11.6. The van der Waals surface area contributed by atoms with Gasteiger partial charge in [0.25, 0.3) is 0 Å². The van der Waals surface area contributed by atoms with Crippen molar-refractivity contribution in [3.05, 3.63) is 28.3 Å². The topological polar surface area (TPSA) is 59.3 Å². The average Bonchev–Trinajstić information content (AvgIpc) is 2.28. The fourth-order valence-corrected chi connectivity index (χ4v) is 1.44. The number of halogens is 1. The standard InChI is InChI=1S/C11H10ClNO3/c1-3-16-11(14)8-4-7(12)5-10(15-2)9(8)6-13/h4-5H,3H2,1-2H3. The van der Waals surface area contributed by atoms with Gasteiger partial charge in [-0.15, -0.1) is 0 Å². The van der Waals surface area contributed by atoms with Gasteiger partial charge in [0.2, 0.25) is 0 Å². The maximum absolute atomic E-state index is 11.6. The first kappa shape index (κ1) is 12.3. The van der Waals surface area contributed by atoms with Gasteiger partial charge in [0.15, 0.2) is 0 Å². The molecule has 0 bridgehead atoms. The van der Waals surface area contributed by atoms with Crippen LogP contribution in [0.15, 0.2) is 12.1 Å². The van der Waals surface area contributed by atoms with Crippen molar-refractivity contribution in [1.29, 1.82) is 5.26 Å². The smallest absolute Gasteiger partial charge is 0.339 e. The number of hydrogen-bond donors (Lipinski definition) is 0. The number of nitrogens with zero attached hydrogens (tertiary/aromatic N) is 1. The number of hydrogen-bond acceptors (Lipinski definition) is 4. The van der Waals surface area contributed by atoms with Crippen molar-refractivity contribution >= 4 is 17.6 Å². The molecule has 4 nitrogen and oxygen atoms in total. The summed E-state index contributed by atoms with van der Waals surface area (Å²) in [7, 11) is 1.40. The predicted molar refractivity (Wildman–Crippen MR) is 58.7 cm³/mol. The van der Waals surface area contributed by atoms with Gasteiger partial charge in [-0.3, -0.25) is 0 Å². The molecule has 1 aromatic rings. The van der Waals surface area contributed by atoms with Gasteiger partial charge < -0.3 is 9.47 Å². The summed E-state index contributed by atoms with van der Waals surface area (Å²) >= 11 is 5.80. The first-order valence-corrected chi connectivity index (χ1v) is 4.96. The van der Waals surface area contributed by atoms with Gasteiger partial charge in [0, 0.05) is 11.1 Å². The number of esters is 1. The zero-order valence-corrected chi connectivity index (χ0v) is 9.67. The molecule has 0 fully saturated rings. The lowest BCUT2D eigenvalue weighted by Gasteiger charge is -2.08. The number of ether oxygens (including phenoxy) is 2. The van der Waals surface area contributed by atoms with Crippen LogP contribution in [0, 0.1) is 11.3 Å². The highest BCUT2D eigenvalue weighted by Crippen LogP contribution is 2.27. The van der Waals surface area contributed by atoms with E-state index in [0.29, 0.717) is 5.02 Å². The Hall–Kier alpha value is -1.73. The van der Waals surface area contributed by atoms with E-state index in [4.69, 9.17) is 26.3 Å². The van der Waals surface area contributed by atoms with E-state index >= 15 is 0 Å². The fraction of sp³-hybridized carbons (Fsp3) is 0.273. The van der Waals surface area contributed by atoms with Crippen molar-refractivity contribution in [1.82, 2.24) is 0 Å². The van der Waals surface area contributed by atoms with E-state index in [-0.39, 0.29) is 23.5 Å². The number of carbonyl (C=O) groups is 1. The average molecular weight is 240 g/mol. The van der Waals surface area contributed by atoms with Crippen LogP contribution in [0.5, 0.6) is 5.75 Å². The SMILES string of the molecule is CCOC(=O)c1cc(Cl)cc(OC)c1C#N. The summed E-state index contributed by atoms with van der Waals surface area (Å²) in [6, 6.07) is 4.76.